The highest BCUT2D eigenvalue weighted by Crippen LogP contribution is 2.47. The zero-order valence-electron chi connectivity index (χ0n) is 18.8. The molecule has 0 aliphatic carbocycles. The van der Waals surface area contributed by atoms with Crippen LogP contribution in [0.25, 0.3) is 10.9 Å². The number of fused-ring (bicyclic) bond motifs is 1. The van der Waals surface area contributed by atoms with Gasteiger partial charge in [-0.15, -0.1) is 0 Å². The molecule has 3 unspecified atom stereocenters. The van der Waals surface area contributed by atoms with E-state index in [-0.39, 0.29) is 19.4 Å². The number of aromatic nitrogens is 1. The third-order valence-corrected chi connectivity index (χ3v) is 7.21. The van der Waals surface area contributed by atoms with Crippen molar-refractivity contribution in [1.29, 1.82) is 0 Å². The average Bonchev–Trinajstić information content (AvgIpc) is 2.85. The number of pyridine rings is 1. The van der Waals surface area contributed by atoms with Gasteiger partial charge in [-0.2, -0.15) is 0 Å². The number of nitrogens with one attached hydrogen (secondary N) is 1. The Morgan fingerprint density at radius 2 is 1.71 bits per heavy atom. The molecule has 6 heteroatoms. The fourth-order valence-corrected chi connectivity index (χ4v) is 5.43. The first-order valence-electron chi connectivity index (χ1n) is 11.4. The van der Waals surface area contributed by atoms with Gasteiger partial charge >= 0.3 is 0 Å². The highest BCUT2D eigenvalue weighted by atomic mass is 35.5. The lowest BCUT2D eigenvalue weighted by molar-refractivity contribution is -0.0196. The van der Waals surface area contributed by atoms with Crippen molar-refractivity contribution in [3.63, 3.8) is 0 Å². The molecule has 0 saturated carbocycles. The largest absolute Gasteiger partial charge is 0.481 e. The van der Waals surface area contributed by atoms with Gasteiger partial charge in [0.05, 0.1) is 18.2 Å². The standard InChI is InChI=1S/C28H26Cl2N2O2.CH4/c1-34-27-23(16-20-15-22(30)11-12-24(20)32-27)26(19-7-9-21(29)10-8-19)28(33)13-14-31-25(17-28)18-5-3-2-4-6-18;/h2-12,15-16,25-26,31,33H,13-14,17H2,1H3;1H4. The van der Waals surface area contributed by atoms with Gasteiger partial charge in [0.2, 0.25) is 5.88 Å². The minimum absolute atomic E-state index is 0. The Morgan fingerprint density at radius 1 is 1.00 bits per heavy atom. The number of benzene rings is 3. The third-order valence-electron chi connectivity index (χ3n) is 6.72. The zero-order chi connectivity index (χ0) is 23.7. The SMILES string of the molecule is C.COc1nc2ccc(Cl)cc2cc1C(c1ccc(Cl)cc1)C1(O)CCNC(c2ccccc2)C1. The maximum Gasteiger partial charge on any atom is 0.217 e. The summed E-state index contributed by atoms with van der Waals surface area (Å²) < 4.78 is 5.76. The van der Waals surface area contributed by atoms with Crippen molar-refractivity contribution < 1.29 is 9.84 Å². The van der Waals surface area contributed by atoms with E-state index in [1.54, 1.807) is 7.11 Å². The average molecular weight is 509 g/mol. The normalized spacial score (nSPS) is 20.7. The van der Waals surface area contributed by atoms with E-state index in [9.17, 15) is 5.11 Å². The van der Waals surface area contributed by atoms with E-state index in [1.807, 2.05) is 66.7 Å². The number of nitrogens with zero attached hydrogens (tertiary/aromatic N) is 1. The molecular weight excluding hydrogens is 479 g/mol. The summed E-state index contributed by atoms with van der Waals surface area (Å²) in [6.45, 7) is 0.690. The number of hydrogen-bond acceptors (Lipinski definition) is 4. The third kappa shape index (κ3) is 5.17. The molecule has 0 amide bonds. The van der Waals surface area contributed by atoms with Crippen LogP contribution in [0.2, 0.25) is 10.0 Å². The molecule has 0 radical (unpaired) electrons. The molecule has 3 aromatic carbocycles. The minimum Gasteiger partial charge on any atom is -0.481 e. The summed E-state index contributed by atoms with van der Waals surface area (Å²) >= 11 is 12.5. The summed E-state index contributed by atoms with van der Waals surface area (Å²) in [7, 11) is 1.62. The first kappa shape index (κ1) is 25.5. The van der Waals surface area contributed by atoms with E-state index in [1.165, 1.54) is 0 Å². The van der Waals surface area contributed by atoms with E-state index >= 15 is 0 Å². The van der Waals surface area contributed by atoms with Gasteiger partial charge in [0.25, 0.3) is 0 Å². The molecule has 3 atom stereocenters. The maximum atomic E-state index is 12.3. The molecule has 1 fully saturated rings. The molecule has 182 valence electrons. The minimum atomic E-state index is -1.04. The number of piperidine rings is 1. The van der Waals surface area contributed by atoms with E-state index in [4.69, 9.17) is 32.9 Å². The van der Waals surface area contributed by atoms with Crippen LogP contribution in [0.4, 0.5) is 0 Å². The van der Waals surface area contributed by atoms with Gasteiger partial charge in [-0.25, -0.2) is 4.98 Å². The number of methoxy groups -OCH3 is 1. The predicted octanol–water partition coefficient (Wildman–Crippen LogP) is 7.17. The van der Waals surface area contributed by atoms with E-state index in [0.29, 0.717) is 35.3 Å². The molecule has 4 nitrogen and oxygen atoms in total. The molecular formula is C29H30Cl2N2O2. The quantitative estimate of drug-likeness (QED) is 0.299. The fraction of sp³-hybridized carbons (Fsp3) is 0.276. The Morgan fingerprint density at radius 3 is 2.43 bits per heavy atom. The predicted molar refractivity (Wildman–Crippen MR) is 145 cm³/mol. The van der Waals surface area contributed by atoms with E-state index in [0.717, 1.165) is 27.6 Å². The molecule has 0 bridgehead atoms. The van der Waals surface area contributed by atoms with Crippen molar-refractivity contribution in [2.75, 3.05) is 13.7 Å². The number of halogens is 2. The Balaban J connectivity index is 0.00000289. The van der Waals surface area contributed by atoms with Crippen LogP contribution in [0.5, 0.6) is 5.88 Å². The summed E-state index contributed by atoms with van der Waals surface area (Å²) in [5.74, 6) is 0.127. The molecule has 1 aliphatic heterocycles. The topological polar surface area (TPSA) is 54.4 Å². The number of hydrogen-bond donors (Lipinski definition) is 2. The second-order valence-electron chi connectivity index (χ2n) is 8.88. The fourth-order valence-electron chi connectivity index (χ4n) is 5.12. The second kappa shape index (κ2) is 10.5. The van der Waals surface area contributed by atoms with Gasteiger partial charge in [0.15, 0.2) is 0 Å². The smallest absolute Gasteiger partial charge is 0.217 e. The summed E-state index contributed by atoms with van der Waals surface area (Å²) in [6.07, 6.45) is 1.13. The molecule has 5 rings (SSSR count). The van der Waals surface area contributed by atoms with E-state index in [2.05, 4.69) is 17.4 Å². The first-order chi connectivity index (χ1) is 16.5. The molecule has 2 N–H and O–H groups in total. The lowest BCUT2D eigenvalue weighted by Crippen LogP contribution is -2.48. The van der Waals surface area contributed by atoms with Crippen molar-refractivity contribution in [3.8, 4) is 5.88 Å². The Kier molecular flexibility index (Phi) is 7.67. The maximum absolute atomic E-state index is 12.3. The lowest BCUT2D eigenvalue weighted by atomic mass is 9.70. The van der Waals surface area contributed by atoms with Crippen molar-refractivity contribution in [2.24, 2.45) is 0 Å². The Hall–Kier alpha value is -2.63. The zero-order valence-corrected chi connectivity index (χ0v) is 20.4. The molecule has 0 spiro atoms. The van der Waals surface area contributed by atoms with Crippen LogP contribution in [-0.2, 0) is 0 Å². The van der Waals surface area contributed by atoms with Gasteiger partial charge in [-0.05, 0) is 66.9 Å². The molecule has 1 aromatic heterocycles. The van der Waals surface area contributed by atoms with Gasteiger partial charge in [0, 0.05) is 33.0 Å². The van der Waals surface area contributed by atoms with Crippen molar-refractivity contribution in [3.05, 3.63) is 106 Å². The van der Waals surface area contributed by atoms with Crippen LogP contribution < -0.4 is 10.1 Å². The van der Waals surface area contributed by atoms with Crippen LogP contribution in [0.3, 0.4) is 0 Å². The van der Waals surface area contributed by atoms with Crippen LogP contribution in [0, 0.1) is 0 Å². The van der Waals surface area contributed by atoms with Crippen molar-refractivity contribution >= 4 is 34.1 Å². The molecule has 4 aromatic rings. The van der Waals surface area contributed by atoms with Crippen molar-refractivity contribution in [1.82, 2.24) is 10.3 Å². The monoisotopic (exact) mass is 508 g/mol. The summed E-state index contributed by atoms with van der Waals surface area (Å²) in [5.41, 5.74) is 2.70. The van der Waals surface area contributed by atoms with Gasteiger partial charge in [-0.3, -0.25) is 0 Å². The van der Waals surface area contributed by atoms with Crippen LogP contribution in [-0.4, -0.2) is 29.3 Å². The van der Waals surface area contributed by atoms with Gasteiger partial charge in [-0.1, -0.05) is 73.1 Å². The van der Waals surface area contributed by atoms with Gasteiger partial charge < -0.3 is 15.2 Å². The van der Waals surface area contributed by atoms with Crippen LogP contribution in [0.1, 0.15) is 48.9 Å². The summed E-state index contributed by atoms with van der Waals surface area (Å²) in [4.78, 5) is 4.77. The molecule has 1 saturated heterocycles. The number of ether oxygens (including phenoxy) is 1. The summed E-state index contributed by atoms with van der Waals surface area (Å²) in [5, 5.41) is 18.1. The second-order valence-corrected chi connectivity index (χ2v) is 9.76. The lowest BCUT2D eigenvalue weighted by Gasteiger charge is -2.43. The van der Waals surface area contributed by atoms with Crippen LogP contribution in [0.15, 0.2) is 78.9 Å². The van der Waals surface area contributed by atoms with Gasteiger partial charge in [0.1, 0.15) is 0 Å². The Labute approximate surface area is 216 Å². The van der Waals surface area contributed by atoms with Crippen molar-refractivity contribution in [2.45, 2.75) is 37.8 Å². The van der Waals surface area contributed by atoms with Crippen LogP contribution >= 0.6 is 23.2 Å². The van der Waals surface area contributed by atoms with E-state index < -0.39 is 5.60 Å². The highest BCUT2D eigenvalue weighted by molar-refractivity contribution is 6.31. The molecule has 1 aliphatic rings. The summed E-state index contributed by atoms with van der Waals surface area (Å²) in [6, 6.07) is 25.6. The number of aliphatic hydroxyl groups is 1. The first-order valence-corrected chi connectivity index (χ1v) is 12.1. The molecule has 2 heterocycles. The molecule has 35 heavy (non-hydrogen) atoms. The number of rotatable bonds is 5. The highest BCUT2D eigenvalue weighted by Gasteiger charge is 2.44. The Bertz CT molecular complexity index is 1300.